The summed E-state index contributed by atoms with van der Waals surface area (Å²) in [7, 11) is 3.06. The number of carbonyl (C=O) groups excluding carboxylic acids is 1. The van der Waals surface area contributed by atoms with Crippen molar-refractivity contribution in [2.75, 3.05) is 14.2 Å². The lowest BCUT2D eigenvalue weighted by Gasteiger charge is -2.21. The van der Waals surface area contributed by atoms with E-state index in [1.165, 1.54) is 7.11 Å². The number of methoxy groups -OCH3 is 2. The molecule has 0 spiro atoms. The molecule has 0 saturated heterocycles. The smallest absolute Gasteiger partial charge is 0.307 e. The minimum atomic E-state index is -0.206. The highest BCUT2D eigenvalue weighted by Gasteiger charge is 2.15. The van der Waals surface area contributed by atoms with Crippen molar-refractivity contribution in [3.8, 4) is 5.75 Å². The van der Waals surface area contributed by atoms with E-state index in [0.717, 1.165) is 11.3 Å². The van der Waals surface area contributed by atoms with Crippen LogP contribution >= 0.6 is 0 Å². The van der Waals surface area contributed by atoms with Gasteiger partial charge in [0.25, 0.3) is 0 Å². The number of nitrogens with one attached hydrogen (secondary N) is 1. The van der Waals surface area contributed by atoms with Gasteiger partial charge in [-0.3, -0.25) is 4.79 Å². The Morgan fingerprint density at radius 2 is 1.94 bits per heavy atom. The zero-order valence-corrected chi connectivity index (χ0v) is 11.4. The zero-order chi connectivity index (χ0) is 13.5. The Labute approximate surface area is 108 Å². The number of hydrogen-bond acceptors (Lipinski definition) is 4. The summed E-state index contributed by atoms with van der Waals surface area (Å²) < 4.78 is 9.97. The van der Waals surface area contributed by atoms with Crippen molar-refractivity contribution in [3.05, 3.63) is 29.8 Å². The van der Waals surface area contributed by atoms with Crippen LogP contribution in [0.5, 0.6) is 5.75 Å². The first-order valence-corrected chi connectivity index (χ1v) is 6.04. The second kappa shape index (κ2) is 7.01. The molecule has 4 heteroatoms. The summed E-state index contributed by atoms with van der Waals surface area (Å²) in [5.74, 6) is 0.644. The molecule has 0 aromatic heterocycles. The Hall–Kier alpha value is -1.55. The van der Waals surface area contributed by atoms with Gasteiger partial charge in [-0.15, -0.1) is 0 Å². The van der Waals surface area contributed by atoms with Gasteiger partial charge >= 0.3 is 5.97 Å². The van der Waals surface area contributed by atoms with Crippen molar-refractivity contribution < 1.29 is 14.3 Å². The van der Waals surface area contributed by atoms with Gasteiger partial charge in [-0.2, -0.15) is 0 Å². The fourth-order valence-electron chi connectivity index (χ4n) is 1.93. The standard InChI is InChI=1S/C14H21NO3/c1-10(9-14(16)18-4)15-11(2)12-7-5-6-8-13(12)17-3/h5-8,10-11,15H,9H2,1-4H3/t10?,11-/m1/s1. The van der Waals surface area contributed by atoms with Gasteiger partial charge in [0.05, 0.1) is 20.6 Å². The number of ether oxygens (including phenoxy) is 2. The fraction of sp³-hybridized carbons (Fsp3) is 0.500. The molecule has 0 aliphatic carbocycles. The highest BCUT2D eigenvalue weighted by molar-refractivity contribution is 5.69. The molecule has 2 atom stereocenters. The van der Waals surface area contributed by atoms with Gasteiger partial charge in [0.1, 0.15) is 5.75 Å². The maximum absolute atomic E-state index is 11.2. The Kier molecular flexibility index (Phi) is 5.65. The maximum atomic E-state index is 11.2. The van der Waals surface area contributed by atoms with Crippen LogP contribution in [0.3, 0.4) is 0 Å². The molecule has 100 valence electrons. The lowest BCUT2D eigenvalue weighted by Crippen LogP contribution is -2.31. The largest absolute Gasteiger partial charge is 0.496 e. The van der Waals surface area contributed by atoms with Crippen LogP contribution in [-0.2, 0) is 9.53 Å². The summed E-state index contributed by atoms with van der Waals surface area (Å²) in [6, 6.07) is 8.02. The molecule has 1 N–H and O–H groups in total. The Morgan fingerprint density at radius 3 is 2.56 bits per heavy atom. The minimum Gasteiger partial charge on any atom is -0.496 e. The lowest BCUT2D eigenvalue weighted by atomic mass is 10.1. The number of benzene rings is 1. The van der Waals surface area contributed by atoms with Crippen molar-refractivity contribution in [2.45, 2.75) is 32.4 Å². The summed E-state index contributed by atoms with van der Waals surface area (Å²) in [6.07, 6.45) is 0.357. The normalized spacial score (nSPS) is 13.8. The summed E-state index contributed by atoms with van der Waals surface area (Å²) in [6.45, 7) is 4.01. The Morgan fingerprint density at radius 1 is 1.28 bits per heavy atom. The van der Waals surface area contributed by atoms with E-state index in [0.29, 0.717) is 6.42 Å². The molecule has 0 aliphatic rings. The number of rotatable bonds is 6. The van der Waals surface area contributed by atoms with Crippen LogP contribution in [0.25, 0.3) is 0 Å². The maximum Gasteiger partial charge on any atom is 0.307 e. The molecule has 0 aliphatic heterocycles. The highest BCUT2D eigenvalue weighted by atomic mass is 16.5. The van der Waals surface area contributed by atoms with Crippen LogP contribution in [0.2, 0.25) is 0 Å². The molecule has 0 fully saturated rings. The molecule has 0 saturated carbocycles. The number of para-hydroxylation sites is 1. The van der Waals surface area contributed by atoms with Crippen molar-refractivity contribution in [3.63, 3.8) is 0 Å². The predicted molar refractivity (Wildman–Crippen MR) is 70.6 cm³/mol. The molecule has 1 aromatic rings. The first-order valence-electron chi connectivity index (χ1n) is 6.04. The van der Waals surface area contributed by atoms with Gasteiger partial charge in [0.2, 0.25) is 0 Å². The average molecular weight is 251 g/mol. The minimum absolute atomic E-state index is 0.0531. The second-order valence-corrected chi connectivity index (χ2v) is 4.31. The third-order valence-electron chi connectivity index (χ3n) is 2.84. The molecule has 1 aromatic carbocycles. The molecule has 0 amide bonds. The molecular weight excluding hydrogens is 230 g/mol. The third-order valence-corrected chi connectivity index (χ3v) is 2.84. The van der Waals surface area contributed by atoms with Crippen molar-refractivity contribution in [1.82, 2.24) is 5.32 Å². The van der Waals surface area contributed by atoms with E-state index >= 15 is 0 Å². The van der Waals surface area contributed by atoms with Crippen LogP contribution < -0.4 is 10.1 Å². The van der Waals surface area contributed by atoms with E-state index in [-0.39, 0.29) is 18.1 Å². The van der Waals surface area contributed by atoms with Gasteiger partial charge in [0.15, 0.2) is 0 Å². The SMILES string of the molecule is COC(=O)CC(C)N[C@H](C)c1ccccc1OC. The van der Waals surface area contributed by atoms with Gasteiger partial charge in [-0.05, 0) is 19.9 Å². The topological polar surface area (TPSA) is 47.6 Å². The average Bonchev–Trinajstić information content (AvgIpc) is 2.38. The zero-order valence-electron chi connectivity index (χ0n) is 11.4. The second-order valence-electron chi connectivity index (χ2n) is 4.31. The molecular formula is C14H21NO3. The number of esters is 1. The van der Waals surface area contributed by atoms with Crippen LogP contribution in [-0.4, -0.2) is 26.2 Å². The van der Waals surface area contributed by atoms with Gasteiger partial charge < -0.3 is 14.8 Å². The lowest BCUT2D eigenvalue weighted by molar-refractivity contribution is -0.141. The molecule has 4 nitrogen and oxygen atoms in total. The molecule has 18 heavy (non-hydrogen) atoms. The fourth-order valence-corrected chi connectivity index (χ4v) is 1.93. The van der Waals surface area contributed by atoms with Crippen molar-refractivity contribution in [1.29, 1.82) is 0 Å². The molecule has 0 bridgehead atoms. The van der Waals surface area contributed by atoms with Crippen LogP contribution in [0, 0.1) is 0 Å². The molecule has 0 radical (unpaired) electrons. The monoisotopic (exact) mass is 251 g/mol. The van der Waals surface area contributed by atoms with E-state index in [9.17, 15) is 4.79 Å². The summed E-state index contributed by atoms with van der Waals surface area (Å²) >= 11 is 0. The molecule has 1 unspecified atom stereocenters. The first kappa shape index (κ1) is 14.5. The summed E-state index contributed by atoms with van der Waals surface area (Å²) in [5, 5.41) is 3.36. The summed E-state index contributed by atoms with van der Waals surface area (Å²) in [5.41, 5.74) is 1.08. The van der Waals surface area contributed by atoms with E-state index in [1.54, 1.807) is 7.11 Å². The predicted octanol–water partition coefficient (Wildman–Crippen LogP) is 2.30. The van der Waals surface area contributed by atoms with Crippen LogP contribution in [0.15, 0.2) is 24.3 Å². The van der Waals surface area contributed by atoms with Gasteiger partial charge in [-0.1, -0.05) is 18.2 Å². The van der Waals surface area contributed by atoms with E-state index < -0.39 is 0 Å². The molecule has 0 heterocycles. The summed E-state index contributed by atoms with van der Waals surface area (Å²) in [4.78, 5) is 11.2. The molecule has 1 rings (SSSR count). The van der Waals surface area contributed by atoms with E-state index in [2.05, 4.69) is 10.1 Å². The number of carbonyl (C=O) groups is 1. The number of hydrogen-bond donors (Lipinski definition) is 1. The van der Waals surface area contributed by atoms with E-state index in [1.807, 2.05) is 38.1 Å². The third kappa shape index (κ3) is 4.04. The van der Waals surface area contributed by atoms with Gasteiger partial charge in [-0.25, -0.2) is 0 Å². The van der Waals surface area contributed by atoms with Crippen molar-refractivity contribution >= 4 is 5.97 Å². The van der Waals surface area contributed by atoms with Crippen LogP contribution in [0.1, 0.15) is 31.9 Å². The Balaban J connectivity index is 2.64. The first-order chi connectivity index (χ1) is 8.58. The van der Waals surface area contributed by atoms with E-state index in [4.69, 9.17) is 4.74 Å². The van der Waals surface area contributed by atoms with Crippen molar-refractivity contribution in [2.24, 2.45) is 0 Å². The highest BCUT2D eigenvalue weighted by Crippen LogP contribution is 2.24. The van der Waals surface area contributed by atoms with Gasteiger partial charge in [0, 0.05) is 17.6 Å². The Bertz CT molecular complexity index is 392. The quantitative estimate of drug-likeness (QED) is 0.788. The van der Waals surface area contributed by atoms with Crippen LogP contribution in [0.4, 0.5) is 0 Å².